The van der Waals surface area contributed by atoms with Crippen molar-refractivity contribution in [3.8, 4) is 11.9 Å². The number of nitrogens with one attached hydrogen (secondary N) is 1. The number of carbonyl (C=O) groups excluding carboxylic acids is 2. The molecule has 0 radical (unpaired) electrons. The van der Waals surface area contributed by atoms with Crippen LogP contribution in [0.3, 0.4) is 0 Å². The largest absolute Gasteiger partial charge is 0.468 e. The van der Waals surface area contributed by atoms with Gasteiger partial charge in [-0.05, 0) is 49.2 Å². The summed E-state index contributed by atoms with van der Waals surface area (Å²) in [7, 11) is 3.31. The molecule has 0 fully saturated rings. The molecule has 14 heteroatoms. The Hall–Kier alpha value is -3.68. The normalized spacial score (nSPS) is 11.3. The van der Waals surface area contributed by atoms with Gasteiger partial charge in [0.2, 0.25) is 5.88 Å². The smallest absolute Gasteiger partial charge is 0.407 e. The molecule has 0 saturated heterocycles. The van der Waals surface area contributed by atoms with Crippen molar-refractivity contribution in [2.75, 3.05) is 39.6 Å². The van der Waals surface area contributed by atoms with E-state index >= 15 is 0 Å². The molecular formula is C23H31BrN8O5. The number of carbonyl (C=O) groups is 2. The molecule has 0 aromatic carbocycles. The fourth-order valence-electron chi connectivity index (χ4n) is 2.97. The summed E-state index contributed by atoms with van der Waals surface area (Å²) in [5.41, 5.74) is 7.07. The van der Waals surface area contributed by atoms with Gasteiger partial charge in [0.1, 0.15) is 5.60 Å². The number of anilines is 1. The fourth-order valence-corrected chi connectivity index (χ4v) is 3.44. The standard InChI is InChI=1S/C23H31BrN8O5/c1-23(2,3)37-22(34)26-10-7-11-35-21-29-18(25)17-19(30-21)32(20(24)28-17)12-14-8-6-9-15(27-14)36-13-16(33)31(4)5/h6,8-9H,7,10-13H2,1-5H3,(H,26,34)(H2,25,29,30). The Balaban J connectivity index is 1.66. The van der Waals surface area contributed by atoms with E-state index in [-0.39, 0.29) is 30.9 Å². The first-order chi connectivity index (χ1) is 17.4. The molecule has 2 amide bonds. The summed E-state index contributed by atoms with van der Waals surface area (Å²) in [5.74, 6) is 0.320. The monoisotopic (exact) mass is 578 g/mol. The number of halogens is 1. The number of hydrogen-bond acceptors (Lipinski definition) is 10. The molecule has 3 aromatic heterocycles. The second-order valence-electron chi connectivity index (χ2n) is 9.21. The molecule has 3 heterocycles. The van der Waals surface area contributed by atoms with E-state index < -0.39 is 11.7 Å². The predicted octanol–water partition coefficient (Wildman–Crippen LogP) is 2.37. The van der Waals surface area contributed by atoms with Gasteiger partial charge in [-0.25, -0.2) is 14.8 Å². The lowest BCUT2D eigenvalue weighted by Gasteiger charge is -2.19. The minimum Gasteiger partial charge on any atom is -0.468 e. The van der Waals surface area contributed by atoms with E-state index in [1.807, 2.05) is 6.07 Å². The Kier molecular flexibility index (Phi) is 9.08. The molecule has 0 unspecified atom stereocenters. The molecule has 0 atom stereocenters. The number of fused-ring (bicyclic) bond motifs is 1. The van der Waals surface area contributed by atoms with Crippen molar-refractivity contribution >= 4 is 44.9 Å². The van der Waals surface area contributed by atoms with E-state index in [0.29, 0.717) is 47.0 Å². The van der Waals surface area contributed by atoms with Crippen LogP contribution in [0.5, 0.6) is 11.9 Å². The van der Waals surface area contributed by atoms with E-state index in [9.17, 15) is 9.59 Å². The number of nitrogens with zero attached hydrogens (tertiary/aromatic N) is 6. The number of hydrogen-bond donors (Lipinski definition) is 2. The average molecular weight is 579 g/mol. The topological polar surface area (TPSA) is 160 Å². The van der Waals surface area contributed by atoms with Gasteiger partial charge in [-0.3, -0.25) is 9.36 Å². The number of alkyl carbamates (subject to hydrolysis) is 1. The maximum atomic E-state index is 11.8. The highest BCUT2D eigenvalue weighted by Crippen LogP contribution is 2.25. The van der Waals surface area contributed by atoms with Crippen molar-refractivity contribution < 1.29 is 23.8 Å². The van der Waals surface area contributed by atoms with Gasteiger partial charge in [-0.1, -0.05) is 6.07 Å². The Morgan fingerprint density at radius 2 is 1.89 bits per heavy atom. The van der Waals surface area contributed by atoms with Crippen LogP contribution in [0, 0.1) is 0 Å². The summed E-state index contributed by atoms with van der Waals surface area (Å²) < 4.78 is 18.6. The molecule has 3 rings (SSSR count). The van der Waals surface area contributed by atoms with Gasteiger partial charge in [-0.15, -0.1) is 0 Å². The lowest BCUT2D eigenvalue weighted by molar-refractivity contribution is -0.130. The van der Waals surface area contributed by atoms with Crippen LogP contribution in [-0.2, 0) is 16.1 Å². The zero-order valence-corrected chi connectivity index (χ0v) is 23.0. The van der Waals surface area contributed by atoms with Crippen molar-refractivity contribution in [1.29, 1.82) is 0 Å². The maximum absolute atomic E-state index is 11.8. The van der Waals surface area contributed by atoms with E-state index in [2.05, 4.69) is 41.2 Å². The van der Waals surface area contributed by atoms with E-state index in [4.69, 9.17) is 19.9 Å². The molecule has 0 saturated carbocycles. The highest BCUT2D eigenvalue weighted by Gasteiger charge is 2.18. The van der Waals surface area contributed by atoms with Crippen molar-refractivity contribution in [2.45, 2.75) is 39.3 Å². The Labute approximate surface area is 222 Å². The van der Waals surface area contributed by atoms with E-state index in [1.54, 1.807) is 51.6 Å². The number of rotatable bonds is 10. The van der Waals surface area contributed by atoms with Crippen LogP contribution in [0.15, 0.2) is 22.9 Å². The van der Waals surface area contributed by atoms with Crippen LogP contribution in [0.1, 0.15) is 32.9 Å². The summed E-state index contributed by atoms with van der Waals surface area (Å²) in [6.45, 7) is 6.19. The van der Waals surface area contributed by atoms with Crippen LogP contribution in [0.4, 0.5) is 10.6 Å². The minimum absolute atomic E-state index is 0.0863. The van der Waals surface area contributed by atoms with Crippen LogP contribution < -0.4 is 20.5 Å². The first-order valence-corrected chi connectivity index (χ1v) is 12.3. The summed E-state index contributed by atoms with van der Waals surface area (Å²) in [6, 6.07) is 5.37. The van der Waals surface area contributed by atoms with Gasteiger partial charge in [0.05, 0.1) is 18.8 Å². The van der Waals surface area contributed by atoms with Gasteiger partial charge in [0.15, 0.2) is 28.3 Å². The van der Waals surface area contributed by atoms with Crippen molar-refractivity contribution in [2.24, 2.45) is 0 Å². The van der Waals surface area contributed by atoms with Gasteiger partial charge >= 0.3 is 12.1 Å². The number of pyridine rings is 1. The number of imidazole rings is 1. The quantitative estimate of drug-likeness (QED) is 0.270. The molecule has 3 N–H and O–H groups in total. The molecule has 0 spiro atoms. The Bertz CT molecular complexity index is 1260. The van der Waals surface area contributed by atoms with Crippen molar-refractivity contribution in [3.05, 3.63) is 28.6 Å². The molecule has 0 aliphatic rings. The predicted molar refractivity (Wildman–Crippen MR) is 139 cm³/mol. The van der Waals surface area contributed by atoms with Crippen LogP contribution >= 0.6 is 15.9 Å². The molecule has 3 aromatic rings. The SMILES string of the molecule is CN(C)C(=O)COc1cccc(Cn2c(Br)nc3c(N)nc(OCCCNC(=O)OC(C)(C)C)nc32)n1. The zero-order valence-electron chi connectivity index (χ0n) is 21.4. The third kappa shape index (κ3) is 8.17. The highest BCUT2D eigenvalue weighted by atomic mass is 79.9. The molecule has 0 bridgehead atoms. The minimum atomic E-state index is -0.562. The molecule has 0 aliphatic carbocycles. The second-order valence-corrected chi connectivity index (χ2v) is 9.91. The van der Waals surface area contributed by atoms with Crippen molar-refractivity contribution in [3.63, 3.8) is 0 Å². The van der Waals surface area contributed by atoms with Crippen LogP contribution in [0.25, 0.3) is 11.2 Å². The Morgan fingerprint density at radius 3 is 2.59 bits per heavy atom. The summed E-state index contributed by atoms with van der Waals surface area (Å²) in [4.78, 5) is 42.5. The number of amides is 2. The summed E-state index contributed by atoms with van der Waals surface area (Å²) in [6.07, 6.45) is 0.0202. The van der Waals surface area contributed by atoms with Gasteiger partial charge in [-0.2, -0.15) is 9.97 Å². The second kappa shape index (κ2) is 12.0. The zero-order chi connectivity index (χ0) is 27.2. The first-order valence-electron chi connectivity index (χ1n) is 11.5. The number of likely N-dealkylation sites (N-methyl/N-ethyl adjacent to an activating group) is 1. The molecule has 0 aliphatic heterocycles. The number of nitrogens with two attached hydrogens (primary N) is 1. The van der Waals surface area contributed by atoms with Gasteiger partial charge in [0, 0.05) is 26.7 Å². The molecular weight excluding hydrogens is 548 g/mol. The van der Waals surface area contributed by atoms with Crippen molar-refractivity contribution in [1.82, 2.24) is 34.7 Å². The number of ether oxygens (including phenoxy) is 3. The first kappa shape index (κ1) is 27.9. The third-order valence-electron chi connectivity index (χ3n) is 4.72. The average Bonchev–Trinajstić information content (AvgIpc) is 3.12. The van der Waals surface area contributed by atoms with E-state index in [1.165, 1.54) is 4.90 Å². The van der Waals surface area contributed by atoms with Crippen LogP contribution in [-0.4, -0.2) is 80.9 Å². The summed E-state index contributed by atoms with van der Waals surface area (Å²) in [5, 5.41) is 2.67. The molecule has 200 valence electrons. The lowest BCUT2D eigenvalue weighted by Crippen LogP contribution is -2.33. The maximum Gasteiger partial charge on any atom is 0.407 e. The van der Waals surface area contributed by atoms with Crippen LogP contribution in [0.2, 0.25) is 0 Å². The lowest BCUT2D eigenvalue weighted by atomic mass is 10.2. The number of nitrogen functional groups attached to an aromatic ring is 1. The fraction of sp³-hybridized carbons (Fsp3) is 0.478. The highest BCUT2D eigenvalue weighted by molar-refractivity contribution is 9.10. The van der Waals surface area contributed by atoms with E-state index in [0.717, 1.165) is 0 Å². The molecule has 13 nitrogen and oxygen atoms in total. The number of aromatic nitrogens is 5. The third-order valence-corrected chi connectivity index (χ3v) is 5.32. The van der Waals surface area contributed by atoms with Gasteiger partial charge < -0.3 is 30.2 Å². The Morgan fingerprint density at radius 1 is 1.14 bits per heavy atom. The summed E-state index contributed by atoms with van der Waals surface area (Å²) >= 11 is 3.44. The molecule has 37 heavy (non-hydrogen) atoms. The van der Waals surface area contributed by atoms with Gasteiger partial charge in [0.25, 0.3) is 5.91 Å².